The molecule has 0 aromatic rings. The van der Waals surface area contributed by atoms with Gasteiger partial charge in [0, 0.05) is 12.8 Å². The fourth-order valence-corrected chi connectivity index (χ4v) is 2.11. The van der Waals surface area contributed by atoms with Crippen molar-refractivity contribution in [3.63, 3.8) is 0 Å². The maximum absolute atomic E-state index is 11.5. The van der Waals surface area contributed by atoms with Crippen LogP contribution in [0.4, 0.5) is 0 Å². The summed E-state index contributed by atoms with van der Waals surface area (Å²) in [6.07, 6.45) is 4.83. The van der Waals surface area contributed by atoms with E-state index in [4.69, 9.17) is 4.74 Å². The van der Waals surface area contributed by atoms with E-state index in [0.29, 0.717) is 12.8 Å². The number of hydrogen-bond donors (Lipinski definition) is 0. The van der Waals surface area contributed by atoms with Gasteiger partial charge in [-0.05, 0) is 12.8 Å². The molecule has 0 amide bonds. The Kier molecular flexibility index (Phi) is 15.5. The zero-order chi connectivity index (χ0) is 17.0. The molecule has 130 valence electrons. The third kappa shape index (κ3) is 13.9. The fraction of sp³-hybridized carbons (Fsp3) is 0.857. The van der Waals surface area contributed by atoms with E-state index in [0.717, 1.165) is 25.7 Å². The second-order valence-electron chi connectivity index (χ2n) is 5.01. The standard InChI is InChI=1S/C14H26O7S.Na/c1-3-5-7-9-12(15)20-11-14(22(17,18)19)21-13(16)10-8-6-4-2;/h14H,3-11H2,1-2H3,(H,17,18,19);/q;+1/p-1. The van der Waals surface area contributed by atoms with Gasteiger partial charge in [-0.3, -0.25) is 9.59 Å². The molecule has 0 aromatic heterocycles. The second kappa shape index (κ2) is 14.2. The Morgan fingerprint density at radius 3 is 1.87 bits per heavy atom. The van der Waals surface area contributed by atoms with Crippen LogP contribution in [0.15, 0.2) is 0 Å². The maximum atomic E-state index is 11.5. The molecular formula is C14H25NaO7S. The monoisotopic (exact) mass is 360 g/mol. The van der Waals surface area contributed by atoms with Crippen molar-refractivity contribution in [2.75, 3.05) is 6.61 Å². The third-order valence-electron chi connectivity index (χ3n) is 2.93. The van der Waals surface area contributed by atoms with Gasteiger partial charge in [0.25, 0.3) is 0 Å². The Morgan fingerprint density at radius 1 is 0.957 bits per heavy atom. The van der Waals surface area contributed by atoms with Gasteiger partial charge in [0.05, 0.1) is 0 Å². The van der Waals surface area contributed by atoms with E-state index in [1.807, 2.05) is 13.8 Å². The fourth-order valence-electron chi connectivity index (χ4n) is 1.65. The van der Waals surface area contributed by atoms with Gasteiger partial charge in [-0.25, -0.2) is 8.42 Å². The van der Waals surface area contributed by atoms with Crippen molar-refractivity contribution in [3.05, 3.63) is 0 Å². The van der Waals surface area contributed by atoms with Gasteiger partial charge in [0.2, 0.25) is 5.44 Å². The summed E-state index contributed by atoms with van der Waals surface area (Å²) in [5.41, 5.74) is -1.98. The first-order valence-corrected chi connectivity index (χ1v) is 9.08. The molecule has 0 saturated carbocycles. The minimum Gasteiger partial charge on any atom is -0.745 e. The molecule has 0 aromatic carbocycles. The van der Waals surface area contributed by atoms with Crippen molar-refractivity contribution >= 4 is 22.1 Å². The summed E-state index contributed by atoms with van der Waals surface area (Å²) in [5, 5.41) is 0. The van der Waals surface area contributed by atoms with Gasteiger partial charge >= 0.3 is 41.5 Å². The van der Waals surface area contributed by atoms with E-state index in [9.17, 15) is 22.6 Å². The van der Waals surface area contributed by atoms with Gasteiger partial charge in [0.1, 0.15) is 16.7 Å². The molecule has 7 nitrogen and oxygen atoms in total. The first-order chi connectivity index (χ1) is 10.3. The number of carbonyl (C=O) groups excluding carboxylic acids is 2. The molecule has 0 radical (unpaired) electrons. The minimum atomic E-state index is -4.88. The first kappa shape index (κ1) is 25.1. The average Bonchev–Trinajstić information content (AvgIpc) is 2.42. The molecule has 0 rings (SSSR count). The van der Waals surface area contributed by atoms with Gasteiger partial charge < -0.3 is 14.0 Å². The van der Waals surface area contributed by atoms with E-state index >= 15 is 0 Å². The van der Waals surface area contributed by atoms with Crippen molar-refractivity contribution < 1.29 is 61.6 Å². The van der Waals surface area contributed by atoms with Gasteiger partial charge in [-0.15, -0.1) is 0 Å². The van der Waals surface area contributed by atoms with Gasteiger partial charge in [-0.2, -0.15) is 0 Å². The average molecular weight is 360 g/mol. The Balaban J connectivity index is 0. The van der Waals surface area contributed by atoms with Crippen molar-refractivity contribution in [2.45, 2.75) is 70.7 Å². The van der Waals surface area contributed by atoms with Crippen LogP contribution in [0.2, 0.25) is 0 Å². The van der Waals surface area contributed by atoms with E-state index in [1.54, 1.807) is 0 Å². The molecule has 0 N–H and O–H groups in total. The summed E-state index contributed by atoms with van der Waals surface area (Å²) in [6, 6.07) is 0. The van der Waals surface area contributed by atoms with Crippen molar-refractivity contribution in [3.8, 4) is 0 Å². The van der Waals surface area contributed by atoms with Gasteiger partial charge in [0.15, 0.2) is 0 Å². The Labute approximate surface area is 160 Å². The largest absolute Gasteiger partial charge is 1.00 e. The zero-order valence-corrected chi connectivity index (χ0v) is 17.0. The van der Waals surface area contributed by atoms with E-state index < -0.39 is 34.1 Å². The summed E-state index contributed by atoms with van der Waals surface area (Å²) in [4.78, 5) is 22.9. The summed E-state index contributed by atoms with van der Waals surface area (Å²) < 4.78 is 42.5. The van der Waals surface area contributed by atoms with Crippen LogP contribution >= 0.6 is 0 Å². The van der Waals surface area contributed by atoms with Crippen LogP contribution < -0.4 is 29.6 Å². The van der Waals surface area contributed by atoms with Crippen LogP contribution in [0, 0.1) is 0 Å². The topological polar surface area (TPSA) is 110 Å². The van der Waals surface area contributed by atoms with Crippen LogP contribution in [0.5, 0.6) is 0 Å². The Morgan fingerprint density at radius 2 is 1.43 bits per heavy atom. The molecular weight excluding hydrogens is 335 g/mol. The maximum Gasteiger partial charge on any atom is 1.00 e. The molecule has 0 heterocycles. The van der Waals surface area contributed by atoms with E-state index in [-0.39, 0.29) is 42.4 Å². The number of hydrogen-bond acceptors (Lipinski definition) is 7. The van der Waals surface area contributed by atoms with Crippen LogP contribution in [0.1, 0.15) is 65.2 Å². The van der Waals surface area contributed by atoms with Crippen molar-refractivity contribution in [1.29, 1.82) is 0 Å². The molecule has 0 aliphatic rings. The number of rotatable bonds is 12. The predicted molar refractivity (Wildman–Crippen MR) is 78.8 cm³/mol. The molecule has 0 aliphatic carbocycles. The van der Waals surface area contributed by atoms with Crippen LogP contribution in [0.3, 0.4) is 0 Å². The SMILES string of the molecule is CCCCCC(=O)OCC(OC(=O)CCCCC)S(=O)(=O)[O-].[Na+]. The predicted octanol–water partition coefficient (Wildman–Crippen LogP) is -0.891. The quantitative estimate of drug-likeness (QED) is 0.192. The zero-order valence-electron chi connectivity index (χ0n) is 14.2. The Bertz CT molecular complexity index is 436. The smallest absolute Gasteiger partial charge is 0.745 e. The summed E-state index contributed by atoms with van der Waals surface area (Å²) in [6.45, 7) is 3.17. The molecule has 0 spiro atoms. The molecule has 0 aliphatic heterocycles. The summed E-state index contributed by atoms with van der Waals surface area (Å²) in [5.74, 6) is -1.39. The number of ether oxygens (including phenoxy) is 2. The molecule has 23 heavy (non-hydrogen) atoms. The molecule has 0 fully saturated rings. The Hall–Kier alpha value is -0.150. The van der Waals surface area contributed by atoms with E-state index in [2.05, 4.69) is 4.74 Å². The molecule has 1 atom stereocenters. The van der Waals surface area contributed by atoms with E-state index in [1.165, 1.54) is 0 Å². The van der Waals surface area contributed by atoms with Gasteiger partial charge in [-0.1, -0.05) is 39.5 Å². The molecule has 1 unspecified atom stereocenters. The third-order valence-corrected chi connectivity index (χ3v) is 3.81. The molecule has 9 heteroatoms. The van der Waals surface area contributed by atoms with Crippen LogP contribution in [0.25, 0.3) is 0 Å². The normalized spacial score (nSPS) is 12.1. The summed E-state index contributed by atoms with van der Waals surface area (Å²) in [7, 11) is -4.88. The molecule has 0 saturated heterocycles. The van der Waals surface area contributed by atoms with Crippen molar-refractivity contribution in [2.24, 2.45) is 0 Å². The summed E-state index contributed by atoms with van der Waals surface area (Å²) >= 11 is 0. The van der Waals surface area contributed by atoms with Crippen LogP contribution in [-0.2, 0) is 29.2 Å². The number of carbonyl (C=O) groups is 2. The van der Waals surface area contributed by atoms with Crippen molar-refractivity contribution in [1.82, 2.24) is 0 Å². The van der Waals surface area contributed by atoms with Crippen LogP contribution in [-0.4, -0.2) is 37.0 Å². The number of esters is 2. The minimum absolute atomic E-state index is 0. The molecule has 0 bridgehead atoms. The second-order valence-corrected chi connectivity index (χ2v) is 6.52. The number of unbranched alkanes of at least 4 members (excludes halogenated alkanes) is 4. The first-order valence-electron chi connectivity index (χ1n) is 7.61.